The maximum absolute atomic E-state index is 5.30. The number of piperidine rings is 1. The van der Waals surface area contributed by atoms with Crippen LogP contribution in [0.25, 0.3) is 0 Å². The van der Waals surface area contributed by atoms with Gasteiger partial charge in [-0.05, 0) is 43.8 Å². The van der Waals surface area contributed by atoms with Gasteiger partial charge in [-0.3, -0.25) is 0 Å². The second kappa shape index (κ2) is 4.87. The smallest absolute Gasteiger partial charge is 0.0230 e. The fraction of sp³-hybridized carbons (Fsp3) is 0.455. The first-order chi connectivity index (χ1) is 6.27. The van der Waals surface area contributed by atoms with E-state index in [0.29, 0.717) is 0 Å². The Labute approximate surface area is 80.4 Å². The summed E-state index contributed by atoms with van der Waals surface area (Å²) < 4.78 is 0. The van der Waals surface area contributed by atoms with Crippen LogP contribution in [-0.2, 0) is 0 Å². The van der Waals surface area contributed by atoms with Gasteiger partial charge in [-0.15, -0.1) is 0 Å². The first-order valence-electron chi connectivity index (χ1n) is 4.69. The number of allylic oxidation sites excluding steroid dienone is 3. The Balaban J connectivity index is 2.74. The van der Waals surface area contributed by atoms with Gasteiger partial charge in [0.15, 0.2) is 0 Å². The van der Waals surface area contributed by atoms with Gasteiger partial charge in [0.05, 0.1) is 0 Å². The van der Waals surface area contributed by atoms with Gasteiger partial charge in [-0.2, -0.15) is 0 Å². The summed E-state index contributed by atoms with van der Waals surface area (Å²) in [5.74, 6) is 0. The molecule has 2 N–H and O–H groups in total. The molecule has 0 unspecified atom stereocenters. The normalized spacial score (nSPS) is 26.3. The van der Waals surface area contributed by atoms with Gasteiger partial charge in [-0.1, -0.05) is 12.2 Å². The molecule has 0 atom stereocenters. The van der Waals surface area contributed by atoms with Gasteiger partial charge < -0.3 is 10.6 Å². The fourth-order valence-electron chi connectivity index (χ4n) is 1.58. The van der Waals surface area contributed by atoms with E-state index in [9.17, 15) is 0 Å². The van der Waals surface area contributed by atoms with Crippen LogP contribution in [0.2, 0.25) is 0 Å². The third-order valence-corrected chi connectivity index (χ3v) is 2.37. The number of hydrogen-bond donors (Lipinski definition) is 1. The number of likely N-dealkylation sites (tertiary alicyclic amines) is 1. The molecule has 0 spiro atoms. The Kier molecular flexibility index (Phi) is 3.77. The van der Waals surface area contributed by atoms with E-state index in [-0.39, 0.29) is 0 Å². The van der Waals surface area contributed by atoms with Gasteiger partial charge in [0.2, 0.25) is 0 Å². The van der Waals surface area contributed by atoms with E-state index >= 15 is 0 Å². The summed E-state index contributed by atoms with van der Waals surface area (Å²) in [4.78, 5) is 2.33. The SMILES string of the molecule is C/C=C1/CN(C)CC/C1=C/C=C/N. The van der Waals surface area contributed by atoms with Crippen molar-refractivity contribution < 1.29 is 0 Å². The molecule has 0 radical (unpaired) electrons. The highest BCUT2D eigenvalue weighted by molar-refractivity contribution is 5.36. The molecule has 0 bridgehead atoms. The van der Waals surface area contributed by atoms with Crippen LogP contribution in [0.1, 0.15) is 13.3 Å². The van der Waals surface area contributed by atoms with Crippen LogP contribution in [0.3, 0.4) is 0 Å². The van der Waals surface area contributed by atoms with E-state index in [4.69, 9.17) is 5.73 Å². The molecule has 2 nitrogen and oxygen atoms in total. The molecule has 1 rings (SSSR count). The van der Waals surface area contributed by atoms with E-state index in [1.165, 1.54) is 11.1 Å². The van der Waals surface area contributed by atoms with Gasteiger partial charge in [0, 0.05) is 13.1 Å². The molecule has 1 heterocycles. The number of rotatable bonds is 1. The Bertz CT molecular complexity index is 249. The molecule has 0 aromatic heterocycles. The highest BCUT2D eigenvalue weighted by Crippen LogP contribution is 2.20. The molecule has 1 saturated heterocycles. The minimum absolute atomic E-state index is 1.06. The first kappa shape index (κ1) is 10.1. The summed E-state index contributed by atoms with van der Waals surface area (Å²) in [6.07, 6.45) is 8.91. The van der Waals surface area contributed by atoms with E-state index in [1.807, 2.05) is 6.08 Å². The molecule has 1 fully saturated rings. The maximum atomic E-state index is 5.30. The Morgan fingerprint density at radius 2 is 2.15 bits per heavy atom. The van der Waals surface area contributed by atoms with Crippen LogP contribution >= 0.6 is 0 Å². The van der Waals surface area contributed by atoms with Gasteiger partial charge in [-0.25, -0.2) is 0 Å². The van der Waals surface area contributed by atoms with Crippen molar-refractivity contribution in [2.75, 3.05) is 20.1 Å². The molecule has 2 heteroatoms. The molecule has 72 valence electrons. The van der Waals surface area contributed by atoms with Crippen molar-refractivity contribution in [1.29, 1.82) is 0 Å². The van der Waals surface area contributed by atoms with Crippen molar-refractivity contribution in [3.8, 4) is 0 Å². The lowest BCUT2D eigenvalue weighted by molar-refractivity contribution is 0.348. The zero-order valence-electron chi connectivity index (χ0n) is 8.46. The summed E-state index contributed by atoms with van der Waals surface area (Å²) in [5.41, 5.74) is 8.15. The zero-order chi connectivity index (χ0) is 9.68. The summed E-state index contributed by atoms with van der Waals surface area (Å²) >= 11 is 0. The van der Waals surface area contributed by atoms with Gasteiger partial charge in [0.25, 0.3) is 0 Å². The molecule has 0 aromatic rings. The standard InChI is InChI=1S/C11H18N2/c1-3-10-9-13(2)8-6-11(10)5-4-7-12/h3-5,7H,6,8-9,12H2,1-2H3/b7-4+,10-3-,11-5-. The third-order valence-electron chi connectivity index (χ3n) is 2.37. The van der Waals surface area contributed by atoms with Crippen LogP contribution in [0.4, 0.5) is 0 Å². The van der Waals surface area contributed by atoms with Crippen LogP contribution in [-0.4, -0.2) is 25.0 Å². The predicted molar refractivity (Wildman–Crippen MR) is 57.3 cm³/mol. The molecule has 1 aliphatic rings. The van der Waals surface area contributed by atoms with Gasteiger partial charge in [0.1, 0.15) is 0 Å². The highest BCUT2D eigenvalue weighted by atomic mass is 15.1. The zero-order valence-corrected chi connectivity index (χ0v) is 8.46. The lowest BCUT2D eigenvalue weighted by atomic mass is 9.97. The summed E-state index contributed by atoms with van der Waals surface area (Å²) in [6, 6.07) is 0. The molecule has 0 aliphatic carbocycles. The highest BCUT2D eigenvalue weighted by Gasteiger charge is 2.13. The Hall–Kier alpha value is -1.02. The van der Waals surface area contributed by atoms with Crippen molar-refractivity contribution >= 4 is 0 Å². The topological polar surface area (TPSA) is 29.3 Å². The minimum atomic E-state index is 1.06. The lowest BCUT2D eigenvalue weighted by Gasteiger charge is -2.26. The van der Waals surface area contributed by atoms with E-state index in [1.54, 1.807) is 6.20 Å². The average molecular weight is 178 g/mol. The van der Waals surface area contributed by atoms with Crippen molar-refractivity contribution in [3.05, 3.63) is 35.6 Å². The summed E-state index contributed by atoms with van der Waals surface area (Å²) in [7, 11) is 2.15. The molecule has 0 aromatic carbocycles. The second-order valence-electron chi connectivity index (χ2n) is 3.38. The Morgan fingerprint density at radius 1 is 1.38 bits per heavy atom. The molecule has 0 amide bonds. The fourth-order valence-corrected chi connectivity index (χ4v) is 1.58. The largest absolute Gasteiger partial charge is 0.405 e. The van der Waals surface area contributed by atoms with Gasteiger partial charge >= 0.3 is 0 Å². The van der Waals surface area contributed by atoms with Crippen molar-refractivity contribution in [3.63, 3.8) is 0 Å². The van der Waals surface area contributed by atoms with Crippen LogP contribution < -0.4 is 5.73 Å². The van der Waals surface area contributed by atoms with Crippen molar-refractivity contribution in [2.24, 2.45) is 5.73 Å². The molecular formula is C11H18N2. The minimum Gasteiger partial charge on any atom is -0.405 e. The van der Waals surface area contributed by atoms with Crippen LogP contribution in [0.15, 0.2) is 35.6 Å². The Morgan fingerprint density at radius 3 is 2.77 bits per heavy atom. The maximum Gasteiger partial charge on any atom is 0.0230 e. The number of nitrogens with zero attached hydrogens (tertiary/aromatic N) is 1. The predicted octanol–water partition coefficient (Wildman–Crippen LogP) is 1.67. The quantitative estimate of drug-likeness (QED) is 0.661. The van der Waals surface area contributed by atoms with E-state index in [2.05, 4.69) is 31.0 Å². The number of hydrogen-bond acceptors (Lipinski definition) is 2. The first-order valence-corrected chi connectivity index (χ1v) is 4.69. The van der Waals surface area contributed by atoms with Crippen LogP contribution in [0, 0.1) is 0 Å². The summed E-state index contributed by atoms with van der Waals surface area (Å²) in [5, 5.41) is 0. The second-order valence-corrected chi connectivity index (χ2v) is 3.38. The van der Waals surface area contributed by atoms with Crippen molar-refractivity contribution in [1.82, 2.24) is 4.90 Å². The molecule has 1 aliphatic heterocycles. The van der Waals surface area contributed by atoms with Crippen LogP contribution in [0.5, 0.6) is 0 Å². The lowest BCUT2D eigenvalue weighted by Crippen LogP contribution is -2.28. The molecule has 13 heavy (non-hydrogen) atoms. The van der Waals surface area contributed by atoms with E-state index < -0.39 is 0 Å². The molecule has 0 saturated carbocycles. The third kappa shape index (κ3) is 2.74. The average Bonchev–Trinajstić information content (AvgIpc) is 2.16. The molecular weight excluding hydrogens is 160 g/mol. The van der Waals surface area contributed by atoms with E-state index in [0.717, 1.165) is 19.5 Å². The monoisotopic (exact) mass is 178 g/mol. The van der Waals surface area contributed by atoms with Crippen molar-refractivity contribution in [2.45, 2.75) is 13.3 Å². The summed E-state index contributed by atoms with van der Waals surface area (Å²) in [6.45, 7) is 4.29. The number of nitrogens with two attached hydrogens (primary N) is 1. The number of likely N-dealkylation sites (N-methyl/N-ethyl adjacent to an activating group) is 1.